The summed E-state index contributed by atoms with van der Waals surface area (Å²) in [5.74, 6) is 3.41. The Hall–Kier alpha value is -3.03. The fraction of sp³-hybridized carbons (Fsp3) is 0.522. The van der Waals surface area contributed by atoms with Crippen LogP contribution >= 0.6 is 0 Å². The monoisotopic (exact) mass is 419 g/mol. The van der Waals surface area contributed by atoms with Gasteiger partial charge in [-0.1, -0.05) is 12.1 Å². The highest BCUT2D eigenvalue weighted by atomic mass is 16.5. The zero-order chi connectivity index (χ0) is 21.2. The molecule has 0 radical (unpaired) electrons. The maximum absolute atomic E-state index is 5.60. The molecule has 162 valence electrons. The smallest absolute Gasteiger partial charge is 0.225 e. The molecular formula is C23H29N7O. The molecule has 0 aromatic carbocycles. The van der Waals surface area contributed by atoms with Crippen LogP contribution < -0.4 is 9.80 Å². The first-order valence-electron chi connectivity index (χ1n) is 11.2. The molecule has 0 N–H and O–H groups in total. The largest absolute Gasteiger partial charge is 0.356 e. The Bertz CT molecular complexity index is 1010. The lowest BCUT2D eigenvalue weighted by Crippen LogP contribution is -2.36. The van der Waals surface area contributed by atoms with Gasteiger partial charge in [0.1, 0.15) is 0 Å². The van der Waals surface area contributed by atoms with Crippen LogP contribution in [0.5, 0.6) is 0 Å². The molecule has 0 spiro atoms. The third kappa shape index (κ3) is 4.24. The van der Waals surface area contributed by atoms with Gasteiger partial charge in [-0.15, -0.1) is 0 Å². The molecule has 0 amide bonds. The van der Waals surface area contributed by atoms with Gasteiger partial charge in [-0.3, -0.25) is 0 Å². The van der Waals surface area contributed by atoms with Crippen LogP contribution in [-0.4, -0.2) is 51.3 Å². The van der Waals surface area contributed by atoms with Crippen LogP contribution in [0.25, 0.3) is 11.3 Å². The van der Waals surface area contributed by atoms with Crippen LogP contribution in [0.4, 0.5) is 11.9 Å². The van der Waals surface area contributed by atoms with Gasteiger partial charge in [0.15, 0.2) is 5.76 Å². The van der Waals surface area contributed by atoms with E-state index in [-0.39, 0.29) is 0 Å². The van der Waals surface area contributed by atoms with Crippen LogP contribution in [0.2, 0.25) is 0 Å². The van der Waals surface area contributed by atoms with E-state index in [1.54, 1.807) is 12.4 Å². The Balaban J connectivity index is 1.43. The Kier molecular flexibility index (Phi) is 5.53. The summed E-state index contributed by atoms with van der Waals surface area (Å²) >= 11 is 0. The SMILES string of the molecule is Cc1cc(-c2cnc(N3CCC[C@@H](C)C3)nc2C2CCN(c3ncccn3)CC2)on1. The van der Waals surface area contributed by atoms with Crippen LogP contribution in [0.1, 0.15) is 49.9 Å². The second-order valence-electron chi connectivity index (χ2n) is 8.80. The van der Waals surface area contributed by atoms with Gasteiger partial charge in [0, 0.05) is 56.8 Å². The molecule has 5 rings (SSSR count). The van der Waals surface area contributed by atoms with E-state index < -0.39 is 0 Å². The van der Waals surface area contributed by atoms with Crippen LogP contribution in [0, 0.1) is 12.8 Å². The molecule has 0 aliphatic carbocycles. The number of nitrogens with zero attached hydrogens (tertiary/aromatic N) is 7. The molecule has 2 aliphatic heterocycles. The summed E-state index contributed by atoms with van der Waals surface area (Å²) in [4.78, 5) is 23.3. The summed E-state index contributed by atoms with van der Waals surface area (Å²) in [5.41, 5.74) is 2.91. The summed E-state index contributed by atoms with van der Waals surface area (Å²) in [6.45, 7) is 8.10. The third-order valence-corrected chi connectivity index (χ3v) is 6.36. The van der Waals surface area contributed by atoms with Gasteiger partial charge in [-0.25, -0.2) is 19.9 Å². The van der Waals surface area contributed by atoms with Crippen molar-refractivity contribution in [1.82, 2.24) is 25.1 Å². The van der Waals surface area contributed by atoms with Gasteiger partial charge >= 0.3 is 0 Å². The van der Waals surface area contributed by atoms with Gasteiger partial charge in [0.05, 0.1) is 17.0 Å². The molecule has 31 heavy (non-hydrogen) atoms. The van der Waals surface area contributed by atoms with Crippen molar-refractivity contribution in [3.8, 4) is 11.3 Å². The molecule has 2 aliphatic rings. The summed E-state index contributed by atoms with van der Waals surface area (Å²) in [6.07, 6.45) is 9.99. The number of hydrogen-bond donors (Lipinski definition) is 0. The fourth-order valence-electron chi connectivity index (χ4n) is 4.71. The highest BCUT2D eigenvalue weighted by molar-refractivity contribution is 5.61. The van der Waals surface area contributed by atoms with Crippen molar-refractivity contribution in [3.05, 3.63) is 42.1 Å². The summed E-state index contributed by atoms with van der Waals surface area (Å²) in [6, 6.07) is 3.82. The second-order valence-corrected chi connectivity index (χ2v) is 8.80. The third-order valence-electron chi connectivity index (χ3n) is 6.36. The molecule has 0 unspecified atom stereocenters. The standard InChI is InChI=1S/C23H29N7O/c1-16-5-3-10-30(15-16)23-26-14-19(20-13-17(2)28-31-20)21(27-23)18-6-11-29(12-7-18)22-24-8-4-9-25-22/h4,8-9,13-14,16,18H,3,5-7,10-12,15H2,1-2H3/t16-/m1/s1. The van der Waals surface area contributed by atoms with E-state index in [2.05, 4.69) is 31.8 Å². The molecule has 1 atom stereocenters. The average molecular weight is 420 g/mol. The van der Waals surface area contributed by atoms with E-state index in [9.17, 15) is 0 Å². The molecule has 0 saturated carbocycles. The number of anilines is 2. The van der Waals surface area contributed by atoms with Crippen molar-refractivity contribution in [2.45, 2.75) is 45.4 Å². The molecule has 3 aromatic heterocycles. The first-order valence-corrected chi connectivity index (χ1v) is 11.2. The average Bonchev–Trinajstić information content (AvgIpc) is 3.25. The summed E-state index contributed by atoms with van der Waals surface area (Å²) in [5, 5.41) is 4.09. The maximum atomic E-state index is 5.60. The summed E-state index contributed by atoms with van der Waals surface area (Å²) < 4.78 is 5.60. The quantitative estimate of drug-likeness (QED) is 0.630. The van der Waals surface area contributed by atoms with E-state index in [0.717, 1.165) is 73.6 Å². The van der Waals surface area contributed by atoms with Gasteiger partial charge < -0.3 is 14.3 Å². The molecular weight excluding hydrogens is 390 g/mol. The highest BCUT2D eigenvalue weighted by Crippen LogP contribution is 2.36. The zero-order valence-electron chi connectivity index (χ0n) is 18.2. The lowest BCUT2D eigenvalue weighted by Gasteiger charge is -2.34. The predicted molar refractivity (Wildman–Crippen MR) is 119 cm³/mol. The van der Waals surface area contributed by atoms with Gasteiger partial charge in [0.2, 0.25) is 11.9 Å². The van der Waals surface area contributed by atoms with Crippen molar-refractivity contribution in [2.75, 3.05) is 36.0 Å². The van der Waals surface area contributed by atoms with Crippen LogP contribution in [0.15, 0.2) is 35.2 Å². The summed E-state index contributed by atoms with van der Waals surface area (Å²) in [7, 11) is 0. The minimum absolute atomic E-state index is 0.337. The van der Waals surface area contributed by atoms with Gasteiger partial charge in [-0.05, 0) is 44.6 Å². The van der Waals surface area contributed by atoms with Crippen LogP contribution in [0.3, 0.4) is 0 Å². The highest BCUT2D eigenvalue weighted by Gasteiger charge is 2.28. The number of aromatic nitrogens is 5. The lowest BCUT2D eigenvalue weighted by molar-refractivity contribution is 0.423. The maximum Gasteiger partial charge on any atom is 0.225 e. The topological polar surface area (TPSA) is 84.1 Å². The van der Waals surface area contributed by atoms with Gasteiger partial charge in [-0.2, -0.15) is 0 Å². The van der Waals surface area contributed by atoms with E-state index >= 15 is 0 Å². The zero-order valence-corrected chi connectivity index (χ0v) is 18.2. The number of hydrogen-bond acceptors (Lipinski definition) is 8. The second kappa shape index (κ2) is 8.61. The van der Waals surface area contributed by atoms with Gasteiger partial charge in [0.25, 0.3) is 0 Å². The van der Waals surface area contributed by atoms with E-state index in [1.807, 2.05) is 25.3 Å². The molecule has 5 heterocycles. The number of aryl methyl sites for hydroxylation is 1. The van der Waals surface area contributed by atoms with Crippen molar-refractivity contribution in [1.29, 1.82) is 0 Å². The molecule has 2 saturated heterocycles. The molecule has 8 heteroatoms. The molecule has 0 bridgehead atoms. The Labute approximate surface area is 182 Å². The Morgan fingerprint density at radius 1 is 0.968 bits per heavy atom. The van der Waals surface area contributed by atoms with E-state index in [4.69, 9.17) is 14.5 Å². The van der Waals surface area contributed by atoms with Crippen molar-refractivity contribution in [2.24, 2.45) is 5.92 Å². The van der Waals surface area contributed by atoms with Crippen molar-refractivity contribution >= 4 is 11.9 Å². The minimum Gasteiger partial charge on any atom is -0.356 e. The normalized spacial score (nSPS) is 20.3. The minimum atomic E-state index is 0.337. The van der Waals surface area contributed by atoms with E-state index in [0.29, 0.717) is 11.8 Å². The molecule has 2 fully saturated rings. The van der Waals surface area contributed by atoms with Crippen LogP contribution in [-0.2, 0) is 0 Å². The first-order chi connectivity index (χ1) is 15.2. The number of piperidine rings is 2. The fourth-order valence-corrected chi connectivity index (χ4v) is 4.71. The van der Waals surface area contributed by atoms with Crippen molar-refractivity contribution in [3.63, 3.8) is 0 Å². The molecule has 8 nitrogen and oxygen atoms in total. The number of rotatable bonds is 4. The molecule has 3 aromatic rings. The van der Waals surface area contributed by atoms with Crippen molar-refractivity contribution < 1.29 is 4.52 Å². The Morgan fingerprint density at radius 2 is 1.77 bits per heavy atom. The first kappa shape index (κ1) is 19.9. The predicted octanol–water partition coefficient (Wildman–Crippen LogP) is 3.85. The lowest BCUT2D eigenvalue weighted by atomic mass is 9.90. The van der Waals surface area contributed by atoms with E-state index in [1.165, 1.54) is 12.8 Å². The Morgan fingerprint density at radius 3 is 2.48 bits per heavy atom.